The van der Waals surface area contributed by atoms with Gasteiger partial charge in [-0.25, -0.2) is 0 Å². The molecule has 1 aromatic heterocycles. The molecule has 0 radical (unpaired) electrons. The number of aromatic hydroxyl groups is 1. The molecule has 0 spiro atoms. The Bertz CT molecular complexity index is 864. The summed E-state index contributed by atoms with van der Waals surface area (Å²) < 4.78 is 2.24. The standard InChI is InChI=1S/C14H10Cl2N3O3.ClH/c15-11-2-1-9(8-12(11)16)7-10-3-4-17-5-6-18(21)14(20)13(17)19(10)22;/h1-6,8,10H,7H2;1H/q+1;/p+1. The van der Waals surface area contributed by atoms with Crippen LogP contribution in [0.4, 0.5) is 5.82 Å². The summed E-state index contributed by atoms with van der Waals surface area (Å²) in [5.74, 6) is -0.744. The quantitative estimate of drug-likeness (QED) is 0.817. The van der Waals surface area contributed by atoms with Crippen LogP contribution in [0.5, 0.6) is 5.88 Å². The molecular formula is C14H12Cl3N3O3+2. The number of halogens is 3. The SMILES string of the molecule is Cl.O=[N+]1c2c(O)[n+](=O)ccn2C=CC1Cc1ccc(Cl)c(Cl)c1. The molecular weight excluding hydrogens is 365 g/mol. The van der Waals surface area contributed by atoms with Crippen molar-refractivity contribution in [1.29, 1.82) is 0 Å². The number of nitroso groups, excluding NO2 is 1. The van der Waals surface area contributed by atoms with Crippen molar-refractivity contribution >= 4 is 47.6 Å². The van der Waals surface area contributed by atoms with E-state index < -0.39 is 11.9 Å². The summed E-state index contributed by atoms with van der Waals surface area (Å²) in [5.41, 5.74) is 0.823. The van der Waals surface area contributed by atoms with Gasteiger partial charge in [0, 0.05) is 17.4 Å². The molecule has 1 aromatic carbocycles. The average molecular weight is 377 g/mol. The molecule has 0 amide bonds. The van der Waals surface area contributed by atoms with E-state index >= 15 is 0 Å². The molecule has 1 N–H and O–H groups in total. The van der Waals surface area contributed by atoms with E-state index in [0.717, 1.165) is 11.8 Å². The van der Waals surface area contributed by atoms with Crippen LogP contribution >= 0.6 is 35.6 Å². The second-order valence-corrected chi connectivity index (χ2v) is 5.68. The molecule has 23 heavy (non-hydrogen) atoms. The summed E-state index contributed by atoms with van der Waals surface area (Å²) >= 11 is 11.8. The van der Waals surface area contributed by atoms with Gasteiger partial charge in [-0.05, 0) is 22.5 Å². The summed E-state index contributed by atoms with van der Waals surface area (Å²) in [6.07, 6.45) is 6.21. The van der Waals surface area contributed by atoms with Gasteiger partial charge < -0.3 is 5.11 Å². The minimum atomic E-state index is -0.638. The molecule has 9 heteroatoms. The summed E-state index contributed by atoms with van der Waals surface area (Å²) in [7, 11) is 0. The van der Waals surface area contributed by atoms with Crippen molar-refractivity contribution in [3.63, 3.8) is 0 Å². The van der Waals surface area contributed by atoms with Crippen molar-refractivity contribution < 1.29 is 14.3 Å². The summed E-state index contributed by atoms with van der Waals surface area (Å²) in [4.78, 5) is 23.8. The third kappa shape index (κ3) is 3.24. The minimum Gasteiger partial charge on any atom is -0.450 e. The zero-order chi connectivity index (χ0) is 15.9. The van der Waals surface area contributed by atoms with Gasteiger partial charge in [0.2, 0.25) is 0 Å². The highest BCUT2D eigenvalue weighted by atomic mass is 35.5. The van der Waals surface area contributed by atoms with Crippen LogP contribution in [0.15, 0.2) is 36.7 Å². The van der Waals surface area contributed by atoms with Gasteiger partial charge >= 0.3 is 11.7 Å². The van der Waals surface area contributed by atoms with Gasteiger partial charge in [-0.3, -0.25) is 0 Å². The van der Waals surface area contributed by atoms with E-state index in [1.165, 1.54) is 10.8 Å². The van der Waals surface area contributed by atoms with Crippen molar-refractivity contribution in [2.45, 2.75) is 12.5 Å². The Morgan fingerprint density at radius 2 is 1.96 bits per heavy atom. The number of hydrogen-bond acceptors (Lipinski definition) is 3. The Hall–Kier alpha value is -1.89. The van der Waals surface area contributed by atoms with Crippen molar-refractivity contribution in [3.8, 4) is 5.88 Å². The van der Waals surface area contributed by atoms with Gasteiger partial charge in [-0.15, -0.1) is 12.4 Å². The number of benzene rings is 1. The number of nitrogens with zero attached hydrogens (tertiary/aromatic N) is 3. The predicted molar refractivity (Wildman–Crippen MR) is 89.3 cm³/mol. The number of rotatable bonds is 2. The maximum atomic E-state index is 12.4. The van der Waals surface area contributed by atoms with Gasteiger partial charge in [-0.1, -0.05) is 34.2 Å². The molecule has 6 nitrogen and oxygen atoms in total. The van der Waals surface area contributed by atoms with Crippen LogP contribution in [0.3, 0.4) is 0 Å². The molecule has 0 saturated carbocycles. The first-order valence-electron chi connectivity index (χ1n) is 6.42. The summed E-state index contributed by atoms with van der Waals surface area (Å²) in [5, 5.41) is 10.6. The van der Waals surface area contributed by atoms with Crippen molar-refractivity contribution in [1.82, 2.24) is 4.57 Å². The predicted octanol–water partition coefficient (Wildman–Crippen LogP) is 3.34. The molecule has 2 aromatic rings. The van der Waals surface area contributed by atoms with Crippen molar-refractivity contribution in [2.75, 3.05) is 0 Å². The fraction of sp³-hybridized carbons (Fsp3) is 0.143. The third-order valence-corrected chi connectivity index (χ3v) is 4.16. The Kier molecular flexibility index (Phi) is 5.09. The van der Waals surface area contributed by atoms with E-state index in [0.29, 0.717) is 21.2 Å². The monoisotopic (exact) mass is 375 g/mol. The number of hydrogen-bond donors (Lipinski definition) is 1. The molecule has 3 rings (SSSR count). The number of aromatic nitrogens is 2. The van der Waals surface area contributed by atoms with E-state index in [4.69, 9.17) is 23.2 Å². The van der Waals surface area contributed by atoms with Crippen LogP contribution in [0, 0.1) is 9.81 Å². The molecule has 1 unspecified atom stereocenters. The highest BCUT2D eigenvalue weighted by molar-refractivity contribution is 6.42. The highest BCUT2D eigenvalue weighted by Crippen LogP contribution is 2.29. The topological polar surface area (TPSA) is 68.2 Å². The van der Waals surface area contributed by atoms with E-state index in [9.17, 15) is 14.9 Å². The molecule has 1 aliphatic rings. The molecule has 0 bridgehead atoms. The van der Waals surface area contributed by atoms with Gasteiger partial charge in [-0.2, -0.15) is 4.57 Å². The second kappa shape index (κ2) is 6.70. The third-order valence-electron chi connectivity index (χ3n) is 3.42. The highest BCUT2D eigenvalue weighted by Gasteiger charge is 2.38. The maximum Gasteiger partial charge on any atom is 0.515 e. The fourth-order valence-electron chi connectivity index (χ4n) is 2.31. The molecule has 0 aliphatic carbocycles. The zero-order valence-corrected chi connectivity index (χ0v) is 13.9. The lowest BCUT2D eigenvalue weighted by atomic mass is 10.0. The largest absolute Gasteiger partial charge is 0.515 e. The van der Waals surface area contributed by atoms with Crippen LogP contribution in [0.25, 0.3) is 6.20 Å². The van der Waals surface area contributed by atoms with Gasteiger partial charge in [0.05, 0.1) is 16.2 Å². The van der Waals surface area contributed by atoms with Gasteiger partial charge in [0.25, 0.3) is 6.20 Å². The lowest BCUT2D eigenvalue weighted by Crippen LogP contribution is -2.29. The van der Waals surface area contributed by atoms with Crippen LogP contribution in [0.2, 0.25) is 10.0 Å². The lowest BCUT2D eigenvalue weighted by Gasteiger charge is -2.13. The summed E-state index contributed by atoms with van der Waals surface area (Å²) in [6.45, 7) is 0. The lowest BCUT2D eigenvalue weighted by molar-refractivity contribution is -0.541. The first-order chi connectivity index (χ1) is 10.5. The van der Waals surface area contributed by atoms with Gasteiger partial charge in [0.15, 0.2) is 12.2 Å². The first-order valence-corrected chi connectivity index (χ1v) is 7.18. The van der Waals surface area contributed by atoms with E-state index in [2.05, 4.69) is 0 Å². The van der Waals surface area contributed by atoms with Crippen LogP contribution in [0.1, 0.15) is 5.56 Å². The minimum absolute atomic E-state index is 0. The van der Waals surface area contributed by atoms with Gasteiger partial charge in [0.1, 0.15) is 4.43 Å². The van der Waals surface area contributed by atoms with E-state index in [-0.39, 0.29) is 22.7 Å². The van der Waals surface area contributed by atoms with E-state index in [1.54, 1.807) is 30.5 Å². The molecule has 0 fully saturated rings. The Balaban J connectivity index is 0.00000192. The molecule has 1 aliphatic heterocycles. The molecule has 1 atom stereocenters. The van der Waals surface area contributed by atoms with Crippen molar-refractivity contribution in [3.05, 3.63) is 62.1 Å². The average Bonchev–Trinajstić information content (AvgIpc) is 2.49. The van der Waals surface area contributed by atoms with Crippen molar-refractivity contribution in [2.24, 2.45) is 0 Å². The first kappa shape index (κ1) is 17.5. The van der Waals surface area contributed by atoms with E-state index in [1.807, 2.05) is 0 Å². The maximum absolute atomic E-state index is 12.4. The van der Waals surface area contributed by atoms with Crippen LogP contribution in [-0.2, 0) is 6.42 Å². The number of fused-ring (bicyclic) bond motifs is 1. The molecule has 120 valence electrons. The molecule has 2 heterocycles. The smallest absolute Gasteiger partial charge is 0.450 e. The van der Waals surface area contributed by atoms with Crippen LogP contribution < -0.4 is 4.43 Å². The zero-order valence-electron chi connectivity index (χ0n) is 11.6. The van der Waals surface area contributed by atoms with Crippen LogP contribution in [-0.4, -0.2) is 20.5 Å². The second-order valence-electron chi connectivity index (χ2n) is 4.87. The summed E-state index contributed by atoms with van der Waals surface area (Å²) in [6, 6.07) is 4.56. The molecule has 0 saturated heterocycles. The Morgan fingerprint density at radius 1 is 1.22 bits per heavy atom. The Labute approximate surface area is 147 Å². The normalized spacial score (nSPS) is 15.9. The Morgan fingerprint density at radius 3 is 2.65 bits per heavy atom. The fourth-order valence-corrected chi connectivity index (χ4v) is 2.63.